The molecule has 1 aliphatic heterocycles. The van der Waals surface area contributed by atoms with Crippen LogP contribution in [0.4, 0.5) is 0 Å². The lowest BCUT2D eigenvalue weighted by atomic mass is 10.0. The standard InChI is InChI=1S/C13H21N3OS/c1-3-4-5-9-18-13-12(15-17-16-13)11-7-6-8-14-10(11)2/h7,10,14H,3-6,8-9H2,1-2H3. The van der Waals surface area contributed by atoms with E-state index in [0.717, 1.165) is 29.4 Å². The van der Waals surface area contributed by atoms with Gasteiger partial charge in [-0.15, -0.1) is 11.8 Å². The Balaban J connectivity index is 2.00. The Hall–Kier alpha value is -0.810. The summed E-state index contributed by atoms with van der Waals surface area (Å²) >= 11 is 1.75. The molecule has 0 spiro atoms. The maximum atomic E-state index is 4.91. The highest BCUT2D eigenvalue weighted by atomic mass is 32.2. The summed E-state index contributed by atoms with van der Waals surface area (Å²) in [5, 5.41) is 12.5. The van der Waals surface area contributed by atoms with Gasteiger partial charge in [0.2, 0.25) is 0 Å². The first-order chi connectivity index (χ1) is 8.83. The molecule has 0 bridgehead atoms. The molecule has 1 unspecified atom stereocenters. The second-order valence-corrected chi connectivity index (χ2v) is 5.68. The van der Waals surface area contributed by atoms with Crippen LogP contribution in [0.25, 0.3) is 5.57 Å². The van der Waals surface area contributed by atoms with Gasteiger partial charge in [0, 0.05) is 6.04 Å². The predicted molar refractivity (Wildman–Crippen MR) is 74.6 cm³/mol. The van der Waals surface area contributed by atoms with Gasteiger partial charge in [-0.2, -0.15) is 0 Å². The van der Waals surface area contributed by atoms with Gasteiger partial charge in [-0.3, -0.25) is 0 Å². The van der Waals surface area contributed by atoms with Gasteiger partial charge in [0.1, 0.15) is 5.69 Å². The van der Waals surface area contributed by atoms with Gasteiger partial charge in [-0.05, 0) is 47.9 Å². The van der Waals surface area contributed by atoms with Gasteiger partial charge in [0.25, 0.3) is 0 Å². The fraction of sp³-hybridized carbons (Fsp3) is 0.692. The fourth-order valence-electron chi connectivity index (χ4n) is 2.09. The molecule has 18 heavy (non-hydrogen) atoms. The van der Waals surface area contributed by atoms with E-state index in [1.165, 1.54) is 24.8 Å². The van der Waals surface area contributed by atoms with Crippen molar-refractivity contribution in [2.45, 2.75) is 50.6 Å². The average Bonchev–Trinajstić information content (AvgIpc) is 2.83. The molecule has 1 aromatic heterocycles. The molecule has 0 amide bonds. The summed E-state index contributed by atoms with van der Waals surface area (Å²) < 4.78 is 4.91. The minimum Gasteiger partial charge on any atom is -0.310 e. The van der Waals surface area contributed by atoms with Gasteiger partial charge in [-0.25, -0.2) is 4.63 Å². The number of hydrogen-bond donors (Lipinski definition) is 1. The van der Waals surface area contributed by atoms with Crippen LogP contribution in [0.3, 0.4) is 0 Å². The number of rotatable bonds is 6. The monoisotopic (exact) mass is 267 g/mol. The molecule has 1 aliphatic rings. The SMILES string of the molecule is CCCCCSc1nonc1C1=CCCNC1C. The quantitative estimate of drug-likeness (QED) is 0.634. The van der Waals surface area contributed by atoms with Crippen molar-refractivity contribution >= 4 is 17.3 Å². The molecule has 0 saturated carbocycles. The maximum absolute atomic E-state index is 4.91. The van der Waals surface area contributed by atoms with E-state index in [9.17, 15) is 0 Å². The molecule has 4 nitrogen and oxygen atoms in total. The van der Waals surface area contributed by atoms with Crippen molar-refractivity contribution in [1.29, 1.82) is 0 Å². The first-order valence-electron chi connectivity index (χ1n) is 6.72. The molecule has 0 aliphatic carbocycles. The summed E-state index contributed by atoms with van der Waals surface area (Å²) in [6.07, 6.45) is 7.04. The van der Waals surface area contributed by atoms with E-state index in [-0.39, 0.29) is 0 Å². The molecule has 1 atom stereocenters. The third kappa shape index (κ3) is 3.36. The van der Waals surface area contributed by atoms with Crippen molar-refractivity contribution in [3.63, 3.8) is 0 Å². The van der Waals surface area contributed by atoms with E-state index in [0.29, 0.717) is 6.04 Å². The van der Waals surface area contributed by atoms with Gasteiger partial charge in [-0.1, -0.05) is 25.8 Å². The Morgan fingerprint density at radius 3 is 3.11 bits per heavy atom. The van der Waals surface area contributed by atoms with E-state index in [1.807, 2.05) is 0 Å². The highest BCUT2D eigenvalue weighted by Gasteiger charge is 2.21. The second kappa shape index (κ2) is 6.95. The zero-order chi connectivity index (χ0) is 12.8. The highest BCUT2D eigenvalue weighted by Crippen LogP contribution is 2.29. The molecule has 0 fully saturated rings. The van der Waals surface area contributed by atoms with Crippen LogP contribution in [0, 0.1) is 0 Å². The topological polar surface area (TPSA) is 51.0 Å². The zero-order valence-corrected chi connectivity index (χ0v) is 11.9. The van der Waals surface area contributed by atoms with E-state index >= 15 is 0 Å². The molecule has 5 heteroatoms. The number of unbranched alkanes of at least 4 members (excludes halogenated alkanes) is 2. The lowest BCUT2D eigenvalue weighted by molar-refractivity contribution is 0.297. The molecule has 0 aromatic carbocycles. The third-order valence-corrected chi connectivity index (χ3v) is 4.18. The van der Waals surface area contributed by atoms with Gasteiger partial charge < -0.3 is 5.32 Å². The van der Waals surface area contributed by atoms with Crippen molar-refractivity contribution in [1.82, 2.24) is 15.6 Å². The van der Waals surface area contributed by atoms with E-state index in [2.05, 4.69) is 35.6 Å². The Labute approximate surface area is 113 Å². The first-order valence-corrected chi connectivity index (χ1v) is 7.70. The normalized spacial score (nSPS) is 19.9. The molecular weight excluding hydrogens is 246 g/mol. The van der Waals surface area contributed by atoms with Crippen molar-refractivity contribution in [3.8, 4) is 0 Å². The molecular formula is C13H21N3OS. The maximum Gasteiger partial charge on any atom is 0.168 e. The minimum atomic E-state index is 0.334. The number of aromatic nitrogens is 2. The third-order valence-electron chi connectivity index (χ3n) is 3.14. The summed E-state index contributed by atoms with van der Waals surface area (Å²) in [5.74, 6) is 1.09. The predicted octanol–water partition coefficient (Wildman–Crippen LogP) is 3.12. The van der Waals surface area contributed by atoms with Crippen LogP contribution < -0.4 is 5.32 Å². The largest absolute Gasteiger partial charge is 0.310 e. The number of hydrogen-bond acceptors (Lipinski definition) is 5. The Morgan fingerprint density at radius 2 is 2.33 bits per heavy atom. The van der Waals surface area contributed by atoms with Crippen molar-refractivity contribution < 1.29 is 4.63 Å². The fourth-order valence-corrected chi connectivity index (χ4v) is 3.01. The van der Waals surface area contributed by atoms with Crippen LogP contribution in [0.5, 0.6) is 0 Å². The van der Waals surface area contributed by atoms with Crippen molar-refractivity contribution in [2.75, 3.05) is 12.3 Å². The van der Waals surface area contributed by atoms with Gasteiger partial charge >= 0.3 is 0 Å². The Bertz CT molecular complexity index is 403. The Morgan fingerprint density at radius 1 is 1.44 bits per heavy atom. The van der Waals surface area contributed by atoms with E-state index in [1.54, 1.807) is 11.8 Å². The van der Waals surface area contributed by atoms with Crippen LogP contribution in [0.1, 0.15) is 45.2 Å². The lowest BCUT2D eigenvalue weighted by Crippen LogP contribution is -2.31. The Kier molecular flexibility index (Phi) is 5.26. The van der Waals surface area contributed by atoms with Crippen molar-refractivity contribution in [2.24, 2.45) is 0 Å². The first kappa shape index (κ1) is 13.6. The summed E-state index contributed by atoms with van der Waals surface area (Å²) in [4.78, 5) is 0. The molecule has 1 N–H and O–H groups in total. The number of thioether (sulfide) groups is 1. The van der Waals surface area contributed by atoms with Crippen LogP contribution in [-0.4, -0.2) is 28.7 Å². The lowest BCUT2D eigenvalue weighted by Gasteiger charge is -2.20. The van der Waals surface area contributed by atoms with Crippen LogP contribution >= 0.6 is 11.8 Å². The molecule has 0 radical (unpaired) electrons. The van der Waals surface area contributed by atoms with Gasteiger partial charge in [0.05, 0.1) is 0 Å². The summed E-state index contributed by atoms with van der Waals surface area (Å²) in [6.45, 7) is 5.41. The average molecular weight is 267 g/mol. The van der Waals surface area contributed by atoms with Crippen LogP contribution in [-0.2, 0) is 0 Å². The number of nitrogens with zero attached hydrogens (tertiary/aromatic N) is 2. The van der Waals surface area contributed by atoms with E-state index in [4.69, 9.17) is 4.63 Å². The molecule has 2 rings (SSSR count). The van der Waals surface area contributed by atoms with E-state index < -0.39 is 0 Å². The summed E-state index contributed by atoms with van der Waals surface area (Å²) in [6, 6.07) is 0.334. The second-order valence-electron chi connectivity index (χ2n) is 4.60. The summed E-state index contributed by atoms with van der Waals surface area (Å²) in [5.41, 5.74) is 2.15. The molecule has 100 valence electrons. The van der Waals surface area contributed by atoms with Gasteiger partial charge in [0.15, 0.2) is 5.03 Å². The van der Waals surface area contributed by atoms with Crippen molar-refractivity contribution in [3.05, 3.63) is 11.8 Å². The molecule has 0 saturated heterocycles. The molecule has 2 heterocycles. The highest BCUT2D eigenvalue weighted by molar-refractivity contribution is 7.99. The smallest absolute Gasteiger partial charge is 0.168 e. The van der Waals surface area contributed by atoms with Crippen LogP contribution in [0.2, 0.25) is 0 Å². The van der Waals surface area contributed by atoms with Crippen LogP contribution in [0.15, 0.2) is 15.7 Å². The summed E-state index contributed by atoms with van der Waals surface area (Å²) in [7, 11) is 0. The molecule has 1 aromatic rings. The number of nitrogens with one attached hydrogen (secondary N) is 1. The minimum absolute atomic E-state index is 0.334. The zero-order valence-electron chi connectivity index (χ0n) is 11.1.